The van der Waals surface area contributed by atoms with Crippen molar-refractivity contribution in [2.75, 3.05) is 5.43 Å². The fraction of sp³-hybridized carbons (Fsp3) is 0.308. The largest absolute Gasteiger partial charge is 0.346 e. The average molecular weight is 274 g/mol. The summed E-state index contributed by atoms with van der Waals surface area (Å²) >= 11 is 0. The van der Waals surface area contributed by atoms with Crippen molar-refractivity contribution < 1.29 is 4.79 Å². The van der Waals surface area contributed by atoms with Gasteiger partial charge in [-0.05, 0) is 18.6 Å². The van der Waals surface area contributed by atoms with Gasteiger partial charge in [0, 0.05) is 25.4 Å². The molecule has 106 valence electrons. The summed E-state index contributed by atoms with van der Waals surface area (Å²) in [5, 5.41) is 7.16. The molecule has 2 rings (SSSR count). The van der Waals surface area contributed by atoms with Gasteiger partial charge in [-0.1, -0.05) is 6.92 Å². The van der Waals surface area contributed by atoms with Gasteiger partial charge >= 0.3 is 0 Å². The van der Waals surface area contributed by atoms with E-state index in [4.69, 9.17) is 5.84 Å². The van der Waals surface area contributed by atoms with Crippen molar-refractivity contribution in [3.63, 3.8) is 0 Å². The molecule has 2 aromatic rings. The molecule has 2 heterocycles. The summed E-state index contributed by atoms with van der Waals surface area (Å²) in [6, 6.07) is 3.32. The van der Waals surface area contributed by atoms with E-state index in [0.29, 0.717) is 17.9 Å². The maximum Gasteiger partial charge on any atom is 0.270 e. The van der Waals surface area contributed by atoms with Crippen LogP contribution in [0.25, 0.3) is 0 Å². The molecule has 0 fully saturated rings. The number of carbonyl (C=O) groups is 1. The van der Waals surface area contributed by atoms with Crippen molar-refractivity contribution in [2.24, 2.45) is 12.9 Å². The zero-order chi connectivity index (χ0) is 14.5. The van der Waals surface area contributed by atoms with Gasteiger partial charge in [-0.3, -0.25) is 15.3 Å². The highest BCUT2D eigenvalue weighted by Gasteiger charge is 2.10. The summed E-state index contributed by atoms with van der Waals surface area (Å²) < 4.78 is 1.75. The molecule has 0 aliphatic heterocycles. The fourth-order valence-corrected chi connectivity index (χ4v) is 1.91. The second-order valence-electron chi connectivity index (χ2n) is 4.39. The summed E-state index contributed by atoms with van der Waals surface area (Å²) in [5.74, 6) is 5.02. The number of nitrogens with one attached hydrogen (secondary N) is 2. The third-order valence-corrected chi connectivity index (χ3v) is 2.93. The highest BCUT2D eigenvalue weighted by atomic mass is 16.1. The predicted octanol–water partition coefficient (Wildman–Crippen LogP) is 0.593. The van der Waals surface area contributed by atoms with E-state index in [2.05, 4.69) is 20.8 Å². The van der Waals surface area contributed by atoms with Gasteiger partial charge in [-0.2, -0.15) is 5.10 Å². The molecule has 0 unspecified atom stereocenters. The molecule has 0 radical (unpaired) electrons. The summed E-state index contributed by atoms with van der Waals surface area (Å²) in [6.07, 6.45) is 4.26. The second kappa shape index (κ2) is 6.16. The zero-order valence-electron chi connectivity index (χ0n) is 11.6. The number of nitrogen functional groups attached to an aromatic ring is 1. The van der Waals surface area contributed by atoms with E-state index in [9.17, 15) is 4.79 Å². The maximum atomic E-state index is 12.0. The lowest BCUT2D eigenvalue weighted by Crippen LogP contribution is -2.24. The molecule has 0 atom stereocenters. The molecule has 0 aliphatic carbocycles. The molecule has 1 amide bonds. The molecule has 0 aromatic carbocycles. The molecule has 0 aliphatic rings. The van der Waals surface area contributed by atoms with Crippen molar-refractivity contribution in [3.05, 3.63) is 41.5 Å². The number of nitrogens with two attached hydrogens (primary N) is 1. The normalized spacial score (nSPS) is 10.3. The first-order chi connectivity index (χ1) is 9.63. The highest BCUT2D eigenvalue weighted by Crippen LogP contribution is 2.08. The third kappa shape index (κ3) is 3.12. The minimum Gasteiger partial charge on any atom is -0.346 e. The molecule has 0 spiro atoms. The SMILES string of the molecule is CCc1nn(C)cc1CNC(=O)c1ccc(NN)cn1. The Morgan fingerprint density at radius 1 is 1.45 bits per heavy atom. The van der Waals surface area contributed by atoms with Crippen LogP contribution in [0.1, 0.15) is 28.7 Å². The molecule has 4 N–H and O–H groups in total. The minimum absolute atomic E-state index is 0.223. The first kappa shape index (κ1) is 14.0. The van der Waals surface area contributed by atoms with Crippen LogP contribution >= 0.6 is 0 Å². The lowest BCUT2D eigenvalue weighted by molar-refractivity contribution is 0.0946. The Kier molecular flexibility index (Phi) is 4.31. The Bertz CT molecular complexity index is 589. The highest BCUT2D eigenvalue weighted by molar-refractivity contribution is 5.92. The molecule has 7 nitrogen and oxygen atoms in total. The van der Waals surface area contributed by atoms with Crippen LogP contribution in [-0.2, 0) is 20.0 Å². The van der Waals surface area contributed by atoms with Gasteiger partial charge in [0.25, 0.3) is 5.91 Å². The summed E-state index contributed by atoms with van der Waals surface area (Å²) in [5.41, 5.74) is 5.48. The molecule has 2 aromatic heterocycles. The number of amides is 1. The van der Waals surface area contributed by atoms with Crippen LogP contribution in [0.5, 0.6) is 0 Å². The van der Waals surface area contributed by atoms with Gasteiger partial charge < -0.3 is 10.7 Å². The van der Waals surface area contributed by atoms with Crippen molar-refractivity contribution in [3.8, 4) is 0 Å². The lowest BCUT2D eigenvalue weighted by Gasteiger charge is -2.05. The van der Waals surface area contributed by atoms with Crippen molar-refractivity contribution >= 4 is 11.6 Å². The van der Waals surface area contributed by atoms with E-state index in [1.54, 1.807) is 16.8 Å². The molecule has 20 heavy (non-hydrogen) atoms. The van der Waals surface area contributed by atoms with E-state index in [1.165, 1.54) is 6.20 Å². The van der Waals surface area contributed by atoms with Gasteiger partial charge in [0.05, 0.1) is 17.6 Å². The van der Waals surface area contributed by atoms with Gasteiger partial charge in [0.1, 0.15) is 5.69 Å². The minimum atomic E-state index is -0.223. The monoisotopic (exact) mass is 274 g/mol. The summed E-state index contributed by atoms with van der Waals surface area (Å²) in [4.78, 5) is 16.0. The van der Waals surface area contributed by atoms with Gasteiger partial charge in [-0.15, -0.1) is 0 Å². The fourth-order valence-electron chi connectivity index (χ4n) is 1.91. The molecular weight excluding hydrogens is 256 g/mol. The second-order valence-corrected chi connectivity index (χ2v) is 4.39. The van der Waals surface area contributed by atoms with Crippen LogP contribution in [0.4, 0.5) is 5.69 Å². The predicted molar refractivity (Wildman–Crippen MR) is 75.8 cm³/mol. The molecule has 0 saturated heterocycles. The zero-order valence-corrected chi connectivity index (χ0v) is 11.6. The third-order valence-electron chi connectivity index (χ3n) is 2.93. The number of carbonyl (C=O) groups excluding carboxylic acids is 1. The number of anilines is 1. The van der Waals surface area contributed by atoms with Gasteiger partial charge in [0.2, 0.25) is 0 Å². The first-order valence-electron chi connectivity index (χ1n) is 6.36. The van der Waals surface area contributed by atoms with E-state index in [0.717, 1.165) is 17.7 Å². The Morgan fingerprint density at radius 3 is 2.85 bits per heavy atom. The molecule has 7 heteroatoms. The smallest absolute Gasteiger partial charge is 0.270 e. The number of hydrogen-bond acceptors (Lipinski definition) is 5. The Morgan fingerprint density at radius 2 is 2.25 bits per heavy atom. The topological polar surface area (TPSA) is 97.9 Å². The van der Waals surface area contributed by atoms with Crippen LogP contribution in [0.3, 0.4) is 0 Å². The number of aromatic nitrogens is 3. The van der Waals surface area contributed by atoms with Crippen molar-refractivity contribution in [1.82, 2.24) is 20.1 Å². The Hall–Kier alpha value is -2.41. The number of nitrogens with zero attached hydrogens (tertiary/aromatic N) is 3. The number of rotatable bonds is 5. The van der Waals surface area contributed by atoms with Gasteiger partial charge in [0.15, 0.2) is 0 Å². The average Bonchev–Trinajstić information content (AvgIpc) is 2.85. The Labute approximate surface area is 117 Å². The van der Waals surface area contributed by atoms with Crippen LogP contribution in [0.15, 0.2) is 24.5 Å². The van der Waals surface area contributed by atoms with Gasteiger partial charge in [-0.25, -0.2) is 4.98 Å². The van der Waals surface area contributed by atoms with Crippen LogP contribution in [0, 0.1) is 0 Å². The molecule has 0 saturated carbocycles. The van der Waals surface area contributed by atoms with E-state index < -0.39 is 0 Å². The van der Waals surface area contributed by atoms with Crippen molar-refractivity contribution in [1.29, 1.82) is 0 Å². The first-order valence-corrected chi connectivity index (χ1v) is 6.36. The van der Waals surface area contributed by atoms with Crippen LogP contribution in [0.2, 0.25) is 0 Å². The molecular formula is C13H18N6O. The lowest BCUT2D eigenvalue weighted by atomic mass is 10.2. The maximum absolute atomic E-state index is 12.0. The van der Waals surface area contributed by atoms with Crippen LogP contribution in [-0.4, -0.2) is 20.7 Å². The number of pyridine rings is 1. The standard InChI is InChI=1S/C13H18N6O/c1-3-11-9(8-19(2)18-11)6-16-13(20)12-5-4-10(17-14)7-15-12/h4-5,7-8,17H,3,6,14H2,1-2H3,(H,16,20). The number of hydrogen-bond donors (Lipinski definition) is 3. The summed E-state index contributed by atoms with van der Waals surface area (Å²) in [6.45, 7) is 2.47. The molecule has 0 bridgehead atoms. The quantitative estimate of drug-likeness (QED) is 0.547. The van der Waals surface area contributed by atoms with E-state index in [1.807, 2.05) is 20.2 Å². The summed E-state index contributed by atoms with van der Waals surface area (Å²) in [7, 11) is 1.87. The Balaban J connectivity index is 2.00. The number of hydrazine groups is 1. The van der Waals surface area contributed by atoms with Crippen LogP contribution < -0.4 is 16.6 Å². The van der Waals surface area contributed by atoms with E-state index >= 15 is 0 Å². The van der Waals surface area contributed by atoms with E-state index in [-0.39, 0.29) is 5.91 Å². The number of aryl methyl sites for hydroxylation is 2. The van der Waals surface area contributed by atoms with Crippen molar-refractivity contribution in [2.45, 2.75) is 19.9 Å².